The van der Waals surface area contributed by atoms with Crippen molar-refractivity contribution in [2.45, 2.75) is 20.0 Å². The summed E-state index contributed by atoms with van der Waals surface area (Å²) in [6.07, 6.45) is 6.22. The molecule has 0 radical (unpaired) electrons. The van der Waals surface area contributed by atoms with Gasteiger partial charge in [0.25, 0.3) is 0 Å². The zero-order valence-electron chi connectivity index (χ0n) is 12.4. The zero-order chi connectivity index (χ0) is 15.5. The van der Waals surface area contributed by atoms with Crippen LogP contribution in [0.2, 0.25) is 0 Å². The Hall–Kier alpha value is -2.09. The molecule has 0 saturated carbocycles. The predicted molar refractivity (Wildman–Crippen MR) is 77.7 cm³/mol. The summed E-state index contributed by atoms with van der Waals surface area (Å²) in [5.41, 5.74) is 0.888. The molecule has 1 aliphatic heterocycles. The van der Waals surface area contributed by atoms with Crippen LogP contribution in [0.4, 0.5) is 14.6 Å². The summed E-state index contributed by atoms with van der Waals surface area (Å²) in [4.78, 5) is 16.9. The Bertz CT molecular complexity index is 621. The van der Waals surface area contributed by atoms with Crippen molar-refractivity contribution < 1.29 is 8.78 Å². The van der Waals surface area contributed by atoms with Crippen molar-refractivity contribution in [3.8, 4) is 0 Å². The molecule has 22 heavy (non-hydrogen) atoms. The molecule has 3 rings (SSSR count). The Morgan fingerprint density at radius 3 is 2.64 bits per heavy atom. The van der Waals surface area contributed by atoms with E-state index in [1.54, 1.807) is 12.4 Å². The molecular formula is C14H18F2N6. The van der Waals surface area contributed by atoms with E-state index in [2.05, 4.69) is 24.8 Å². The van der Waals surface area contributed by atoms with Gasteiger partial charge in [0.1, 0.15) is 11.6 Å². The van der Waals surface area contributed by atoms with Gasteiger partial charge in [0, 0.05) is 44.8 Å². The van der Waals surface area contributed by atoms with E-state index < -0.39 is 6.55 Å². The number of aromatic nitrogens is 4. The molecule has 2 aromatic heterocycles. The second kappa shape index (κ2) is 6.35. The Kier molecular flexibility index (Phi) is 4.28. The lowest BCUT2D eigenvalue weighted by molar-refractivity contribution is 0.0637. The first kappa shape index (κ1) is 14.8. The molecule has 2 aromatic rings. The number of imidazole rings is 1. The number of hydrogen-bond donors (Lipinski definition) is 0. The largest absolute Gasteiger partial charge is 0.353 e. The molecule has 0 aromatic carbocycles. The molecule has 3 heterocycles. The van der Waals surface area contributed by atoms with Gasteiger partial charge in [-0.3, -0.25) is 14.5 Å². The SMILES string of the molecule is Cc1cncc(N2CCN(Cc3nccn3C(F)F)CC2)n1. The van der Waals surface area contributed by atoms with E-state index >= 15 is 0 Å². The van der Waals surface area contributed by atoms with Gasteiger partial charge in [-0.1, -0.05) is 0 Å². The van der Waals surface area contributed by atoms with Gasteiger partial charge in [-0.2, -0.15) is 8.78 Å². The predicted octanol–water partition coefficient (Wildman–Crippen LogP) is 1.70. The molecule has 6 nitrogen and oxygen atoms in total. The van der Waals surface area contributed by atoms with Crippen LogP contribution in [-0.2, 0) is 6.54 Å². The van der Waals surface area contributed by atoms with Crippen LogP contribution in [0.25, 0.3) is 0 Å². The third-order valence-electron chi connectivity index (χ3n) is 3.76. The van der Waals surface area contributed by atoms with E-state index in [0.29, 0.717) is 12.4 Å². The van der Waals surface area contributed by atoms with E-state index in [4.69, 9.17) is 0 Å². The second-order valence-electron chi connectivity index (χ2n) is 5.31. The minimum Gasteiger partial charge on any atom is -0.353 e. The van der Waals surface area contributed by atoms with Gasteiger partial charge in [-0.15, -0.1) is 0 Å². The highest BCUT2D eigenvalue weighted by molar-refractivity contribution is 5.36. The summed E-state index contributed by atoms with van der Waals surface area (Å²) in [7, 11) is 0. The van der Waals surface area contributed by atoms with Crippen molar-refractivity contribution in [3.05, 3.63) is 36.3 Å². The molecule has 0 amide bonds. The first-order chi connectivity index (χ1) is 10.6. The molecule has 118 valence electrons. The number of alkyl halides is 2. The average molecular weight is 308 g/mol. The van der Waals surface area contributed by atoms with Crippen LogP contribution in [0.3, 0.4) is 0 Å². The van der Waals surface area contributed by atoms with Crippen molar-refractivity contribution in [3.63, 3.8) is 0 Å². The highest BCUT2D eigenvalue weighted by Crippen LogP contribution is 2.17. The third-order valence-corrected chi connectivity index (χ3v) is 3.76. The van der Waals surface area contributed by atoms with E-state index in [1.807, 2.05) is 6.92 Å². The fraction of sp³-hybridized carbons (Fsp3) is 0.500. The maximum absolute atomic E-state index is 12.8. The number of halogens is 2. The van der Waals surface area contributed by atoms with Crippen LogP contribution >= 0.6 is 0 Å². The first-order valence-corrected chi connectivity index (χ1v) is 7.19. The van der Waals surface area contributed by atoms with Crippen molar-refractivity contribution in [1.29, 1.82) is 0 Å². The van der Waals surface area contributed by atoms with Crippen LogP contribution in [0.5, 0.6) is 0 Å². The Labute approximate surface area is 127 Å². The topological polar surface area (TPSA) is 50.1 Å². The molecule has 1 fully saturated rings. The monoisotopic (exact) mass is 308 g/mol. The second-order valence-corrected chi connectivity index (χ2v) is 5.31. The van der Waals surface area contributed by atoms with Gasteiger partial charge < -0.3 is 4.90 Å². The molecular weight excluding hydrogens is 290 g/mol. The van der Waals surface area contributed by atoms with Gasteiger partial charge in [-0.25, -0.2) is 9.97 Å². The summed E-state index contributed by atoms with van der Waals surface area (Å²) in [5.74, 6) is 1.27. The Morgan fingerprint density at radius 1 is 1.18 bits per heavy atom. The summed E-state index contributed by atoms with van der Waals surface area (Å²) in [6, 6.07) is 0. The van der Waals surface area contributed by atoms with Crippen LogP contribution in [0.15, 0.2) is 24.8 Å². The Morgan fingerprint density at radius 2 is 1.95 bits per heavy atom. The molecule has 1 aliphatic rings. The maximum atomic E-state index is 12.8. The Balaban J connectivity index is 1.59. The van der Waals surface area contributed by atoms with Gasteiger partial charge in [0.2, 0.25) is 0 Å². The smallest absolute Gasteiger partial charge is 0.319 e. The van der Waals surface area contributed by atoms with Crippen molar-refractivity contribution in [1.82, 2.24) is 24.4 Å². The lowest BCUT2D eigenvalue weighted by atomic mass is 10.3. The number of hydrogen-bond acceptors (Lipinski definition) is 5. The molecule has 0 bridgehead atoms. The van der Waals surface area contributed by atoms with Gasteiger partial charge in [-0.05, 0) is 6.92 Å². The first-order valence-electron chi connectivity index (χ1n) is 7.19. The molecule has 1 saturated heterocycles. The minimum absolute atomic E-state index is 0.402. The number of nitrogens with zero attached hydrogens (tertiary/aromatic N) is 6. The number of rotatable bonds is 4. The lowest BCUT2D eigenvalue weighted by Gasteiger charge is -2.35. The maximum Gasteiger partial charge on any atom is 0.319 e. The summed E-state index contributed by atoms with van der Waals surface area (Å²) in [5, 5.41) is 0. The fourth-order valence-electron chi connectivity index (χ4n) is 2.58. The highest BCUT2D eigenvalue weighted by Gasteiger charge is 2.21. The quantitative estimate of drug-likeness (QED) is 0.860. The van der Waals surface area contributed by atoms with E-state index in [1.165, 1.54) is 12.4 Å². The van der Waals surface area contributed by atoms with E-state index in [9.17, 15) is 8.78 Å². The van der Waals surface area contributed by atoms with Crippen molar-refractivity contribution >= 4 is 5.82 Å². The fourth-order valence-corrected chi connectivity index (χ4v) is 2.58. The van der Waals surface area contributed by atoms with Crippen molar-refractivity contribution in [2.24, 2.45) is 0 Å². The van der Waals surface area contributed by atoms with Crippen molar-refractivity contribution in [2.75, 3.05) is 31.1 Å². The standard InChI is InChI=1S/C14H18F2N6/c1-11-8-17-9-12(19-11)21-6-4-20(5-7-21)10-13-18-2-3-22(13)14(15)16/h2-3,8-9,14H,4-7,10H2,1H3. The van der Waals surface area contributed by atoms with Crippen LogP contribution in [-0.4, -0.2) is 50.6 Å². The highest BCUT2D eigenvalue weighted by atomic mass is 19.3. The molecule has 0 atom stereocenters. The minimum atomic E-state index is -2.54. The number of anilines is 1. The van der Waals surface area contributed by atoms with Crippen LogP contribution in [0.1, 0.15) is 18.1 Å². The van der Waals surface area contributed by atoms with E-state index in [0.717, 1.165) is 42.3 Å². The average Bonchev–Trinajstić information content (AvgIpc) is 2.96. The van der Waals surface area contributed by atoms with E-state index in [-0.39, 0.29) is 0 Å². The van der Waals surface area contributed by atoms with Gasteiger partial charge in [0.15, 0.2) is 0 Å². The van der Waals surface area contributed by atoms with Crippen LogP contribution in [0, 0.1) is 6.92 Å². The normalized spacial score (nSPS) is 16.5. The molecule has 0 N–H and O–H groups in total. The molecule has 0 spiro atoms. The third kappa shape index (κ3) is 3.22. The molecule has 8 heteroatoms. The molecule has 0 unspecified atom stereocenters. The zero-order valence-corrected chi connectivity index (χ0v) is 12.4. The number of aryl methyl sites for hydroxylation is 1. The summed E-state index contributed by atoms with van der Waals surface area (Å²) >= 11 is 0. The lowest BCUT2D eigenvalue weighted by Crippen LogP contribution is -2.46. The number of piperazine rings is 1. The van der Waals surface area contributed by atoms with Crippen LogP contribution < -0.4 is 4.90 Å². The van der Waals surface area contributed by atoms with Gasteiger partial charge in [0.05, 0.1) is 18.4 Å². The summed E-state index contributed by atoms with van der Waals surface area (Å²) < 4.78 is 26.5. The molecule has 0 aliphatic carbocycles. The summed E-state index contributed by atoms with van der Waals surface area (Å²) in [6.45, 7) is 2.97. The van der Waals surface area contributed by atoms with Gasteiger partial charge >= 0.3 is 6.55 Å².